The number of nitrogens with zero attached hydrogens (tertiary/aromatic N) is 2. The predicted octanol–water partition coefficient (Wildman–Crippen LogP) is 18.8. The molecule has 2 aliphatic rings. The number of benzene rings is 10. The van der Waals surface area contributed by atoms with Gasteiger partial charge >= 0.3 is 0 Å². The summed E-state index contributed by atoms with van der Waals surface area (Å²) in [6, 6.07) is 85.2. The van der Waals surface area contributed by atoms with Gasteiger partial charge in [0, 0.05) is 38.3 Å². The Morgan fingerprint density at radius 2 is 0.667 bits per heavy atom. The molecule has 2 heteroatoms. The third-order valence-electron chi connectivity index (χ3n) is 15.9. The Hall–Kier alpha value is -8.72. The van der Waals surface area contributed by atoms with E-state index >= 15 is 0 Å². The van der Waals surface area contributed by atoms with Gasteiger partial charge in [-0.15, -0.1) is 0 Å². The molecule has 12 aromatic rings. The number of rotatable bonds is 8. The van der Waals surface area contributed by atoms with Gasteiger partial charge in [0.05, 0.1) is 22.1 Å². The van der Waals surface area contributed by atoms with Crippen molar-refractivity contribution in [2.24, 2.45) is 0 Å². The first-order chi connectivity index (χ1) is 35.6. The second kappa shape index (κ2) is 17.3. The molecule has 1 saturated carbocycles. The van der Waals surface area contributed by atoms with Crippen LogP contribution in [0.2, 0.25) is 0 Å². The van der Waals surface area contributed by atoms with Gasteiger partial charge in [-0.05, 0) is 140 Å². The third kappa shape index (κ3) is 7.09. The van der Waals surface area contributed by atoms with Crippen LogP contribution in [0.1, 0.15) is 65.5 Å². The van der Waals surface area contributed by atoms with Crippen LogP contribution in [0.5, 0.6) is 0 Å². The van der Waals surface area contributed by atoms with Crippen LogP contribution in [0.15, 0.2) is 231 Å². The lowest BCUT2D eigenvalue weighted by atomic mass is 9.67. The van der Waals surface area contributed by atoms with Crippen molar-refractivity contribution in [1.82, 2.24) is 9.13 Å². The smallest absolute Gasteiger partial charge is 0.0541 e. The van der Waals surface area contributed by atoms with E-state index in [1.807, 2.05) is 0 Å². The number of hydrogen-bond donors (Lipinski definition) is 0. The van der Waals surface area contributed by atoms with Gasteiger partial charge in [0.15, 0.2) is 0 Å². The van der Waals surface area contributed by atoms with Crippen molar-refractivity contribution in [3.63, 3.8) is 0 Å². The summed E-state index contributed by atoms with van der Waals surface area (Å²) in [5.41, 5.74) is 23.0. The quantitative estimate of drug-likeness (QED) is 0.134. The zero-order valence-electron chi connectivity index (χ0n) is 40.2. The number of fused-ring (bicyclic) bond motifs is 11. The number of hydrogen-bond acceptors (Lipinski definition) is 0. The molecule has 0 aliphatic heterocycles. The van der Waals surface area contributed by atoms with E-state index in [9.17, 15) is 0 Å². The lowest BCUT2D eigenvalue weighted by Crippen LogP contribution is -2.28. The molecular formula is C70H52N2. The fourth-order valence-electron chi connectivity index (χ4n) is 12.4. The van der Waals surface area contributed by atoms with E-state index in [1.54, 1.807) is 0 Å². The minimum absolute atomic E-state index is 0.0584. The summed E-state index contributed by atoms with van der Waals surface area (Å²) < 4.78 is 4.75. The van der Waals surface area contributed by atoms with E-state index in [4.69, 9.17) is 0 Å². The normalized spacial score (nSPS) is 14.1. The van der Waals surface area contributed by atoms with Crippen LogP contribution in [0.4, 0.5) is 0 Å². The minimum Gasteiger partial charge on any atom is -0.309 e. The van der Waals surface area contributed by atoms with Gasteiger partial charge in [0.2, 0.25) is 0 Å². The molecule has 72 heavy (non-hydrogen) atoms. The monoisotopic (exact) mass is 920 g/mol. The zero-order valence-corrected chi connectivity index (χ0v) is 40.2. The summed E-state index contributed by atoms with van der Waals surface area (Å²) >= 11 is 0. The average Bonchev–Trinajstić information content (AvgIpc) is 4.05. The van der Waals surface area contributed by atoms with Crippen LogP contribution in [-0.2, 0) is 5.41 Å². The second-order valence-corrected chi connectivity index (χ2v) is 20.0. The van der Waals surface area contributed by atoms with Crippen molar-refractivity contribution in [1.29, 1.82) is 0 Å². The summed E-state index contributed by atoms with van der Waals surface area (Å²) in [5, 5.41) is 5.09. The highest BCUT2D eigenvalue weighted by molar-refractivity contribution is 6.11. The van der Waals surface area contributed by atoms with Gasteiger partial charge in [0.25, 0.3) is 0 Å². The van der Waals surface area contributed by atoms with Crippen LogP contribution in [-0.4, -0.2) is 9.13 Å². The van der Waals surface area contributed by atoms with E-state index in [0.717, 1.165) is 0 Å². The Morgan fingerprint density at radius 3 is 1.12 bits per heavy atom. The van der Waals surface area contributed by atoms with E-state index < -0.39 is 0 Å². The van der Waals surface area contributed by atoms with Gasteiger partial charge in [-0.2, -0.15) is 0 Å². The molecule has 2 aromatic heterocycles. The van der Waals surface area contributed by atoms with Crippen molar-refractivity contribution < 1.29 is 0 Å². The first-order valence-electron chi connectivity index (χ1n) is 25.7. The SMILES string of the molecule is C(=Cc1ccc2c(c1)C1(CCCCC1)c1cc(C=Cc3ccc(-c4ccc5c(c4)c4ccccc4n5-c4ccccc4)cc3)ccc1-2)c1ccc(-c2ccc3c(c2)c2ccccc2n3-c2ccccc2)cc1. The molecule has 1 spiro atoms. The molecule has 0 N–H and O–H groups in total. The molecule has 0 saturated heterocycles. The molecule has 2 aliphatic carbocycles. The lowest BCUT2D eigenvalue weighted by molar-refractivity contribution is 0.353. The molecule has 342 valence electrons. The molecule has 14 rings (SSSR count). The first kappa shape index (κ1) is 42.2. The molecule has 1 fully saturated rings. The highest BCUT2D eigenvalue weighted by Crippen LogP contribution is 2.56. The maximum absolute atomic E-state index is 2.50. The Balaban J connectivity index is 0.706. The van der Waals surface area contributed by atoms with Gasteiger partial charge in [0.1, 0.15) is 0 Å². The van der Waals surface area contributed by atoms with E-state index in [0.29, 0.717) is 0 Å². The van der Waals surface area contributed by atoms with E-state index in [-0.39, 0.29) is 5.41 Å². The molecule has 2 nitrogen and oxygen atoms in total. The number of para-hydroxylation sites is 4. The molecular weight excluding hydrogens is 869 g/mol. The van der Waals surface area contributed by atoms with Gasteiger partial charge in [-0.3, -0.25) is 0 Å². The maximum Gasteiger partial charge on any atom is 0.0541 e. The average molecular weight is 921 g/mol. The van der Waals surface area contributed by atoms with Crippen molar-refractivity contribution >= 4 is 67.9 Å². The molecule has 10 aromatic carbocycles. The fourth-order valence-corrected chi connectivity index (χ4v) is 12.4. The van der Waals surface area contributed by atoms with Gasteiger partial charge in [-0.1, -0.05) is 213 Å². The molecule has 0 amide bonds. The maximum atomic E-state index is 2.50. The number of aromatic nitrogens is 2. The molecule has 2 heterocycles. The Morgan fingerprint density at radius 1 is 0.292 bits per heavy atom. The predicted molar refractivity (Wildman–Crippen MR) is 306 cm³/mol. The highest BCUT2D eigenvalue weighted by atomic mass is 15.0. The van der Waals surface area contributed by atoms with Crippen molar-refractivity contribution in [3.8, 4) is 44.8 Å². The summed E-state index contributed by atoms with van der Waals surface area (Å²) in [5.74, 6) is 0. The third-order valence-corrected chi connectivity index (χ3v) is 15.9. The van der Waals surface area contributed by atoms with Crippen molar-refractivity contribution in [2.75, 3.05) is 0 Å². The van der Waals surface area contributed by atoms with Crippen LogP contribution >= 0.6 is 0 Å². The van der Waals surface area contributed by atoms with Crippen LogP contribution in [0.3, 0.4) is 0 Å². The van der Waals surface area contributed by atoms with E-state index in [2.05, 4.69) is 264 Å². The highest BCUT2D eigenvalue weighted by Gasteiger charge is 2.43. The lowest BCUT2D eigenvalue weighted by Gasteiger charge is -2.36. The zero-order chi connectivity index (χ0) is 47.6. The van der Waals surface area contributed by atoms with E-state index in [1.165, 1.54) is 154 Å². The fraction of sp³-hybridized carbons (Fsp3) is 0.0857. The van der Waals surface area contributed by atoms with Gasteiger partial charge in [-0.25, -0.2) is 0 Å². The molecule has 0 bridgehead atoms. The van der Waals surface area contributed by atoms with Crippen molar-refractivity contribution in [2.45, 2.75) is 37.5 Å². The second-order valence-electron chi connectivity index (χ2n) is 20.0. The molecule has 0 radical (unpaired) electrons. The summed E-state index contributed by atoms with van der Waals surface area (Å²) in [6.07, 6.45) is 15.4. The largest absolute Gasteiger partial charge is 0.309 e. The Bertz CT molecular complexity index is 3820. The van der Waals surface area contributed by atoms with Crippen LogP contribution in [0.25, 0.3) is 113 Å². The summed E-state index contributed by atoms with van der Waals surface area (Å²) in [7, 11) is 0. The topological polar surface area (TPSA) is 9.86 Å². The Kier molecular flexibility index (Phi) is 10.1. The van der Waals surface area contributed by atoms with Crippen LogP contribution in [0, 0.1) is 0 Å². The Labute approximate surface area is 421 Å². The molecule has 0 unspecified atom stereocenters. The minimum atomic E-state index is 0.0584. The summed E-state index contributed by atoms with van der Waals surface area (Å²) in [6.45, 7) is 0. The van der Waals surface area contributed by atoms with Crippen molar-refractivity contribution in [3.05, 3.63) is 264 Å². The van der Waals surface area contributed by atoms with Crippen LogP contribution < -0.4 is 0 Å². The first-order valence-corrected chi connectivity index (χ1v) is 25.7. The molecule has 0 atom stereocenters. The van der Waals surface area contributed by atoms with Gasteiger partial charge < -0.3 is 9.13 Å². The summed E-state index contributed by atoms with van der Waals surface area (Å²) in [4.78, 5) is 0. The standard InChI is InChI=1S/C70H52N2/c1-4-14-56(15-5-1)71-66-20-10-8-18-60(66)62-46-54(36-40-68(62)71)52-32-26-48(27-33-52)22-24-50-30-38-58-59-39-31-51(45-65(59)70(64(58)44-50)42-12-3-13-43-70)25-23-49-28-34-53(35-29-49)55-37-41-69-63(47-55)61-19-9-11-21-67(61)72(69)57-16-6-2-7-17-57/h1-2,4-11,14-41,44-47H,3,12-13,42-43H2.